The van der Waals surface area contributed by atoms with Crippen molar-refractivity contribution in [3.05, 3.63) is 64.3 Å². The number of aromatic nitrogens is 4. The first-order chi connectivity index (χ1) is 14.0. The van der Waals surface area contributed by atoms with Gasteiger partial charge in [-0.2, -0.15) is 0 Å². The Balaban J connectivity index is 1.61. The highest BCUT2D eigenvalue weighted by Crippen LogP contribution is 2.23. The lowest BCUT2D eigenvalue weighted by Gasteiger charge is -2.05. The molecule has 0 saturated carbocycles. The average Bonchev–Trinajstić information content (AvgIpc) is 3.37. The van der Waals surface area contributed by atoms with E-state index in [1.54, 1.807) is 18.2 Å². The third-order valence-corrected chi connectivity index (χ3v) is 4.48. The SMILES string of the molecule is O=C(Nc1nonc1C(=Nc1ccc(F)c(Br)c1)NO)c1ccc2nc[nH]c2c1. The molecule has 29 heavy (non-hydrogen) atoms. The number of aliphatic imine (C=N–C) groups is 1. The van der Waals surface area contributed by atoms with Gasteiger partial charge in [0.25, 0.3) is 5.91 Å². The number of anilines is 1. The second kappa shape index (κ2) is 7.77. The van der Waals surface area contributed by atoms with E-state index in [-0.39, 0.29) is 21.8 Å². The Labute approximate surface area is 169 Å². The number of hydroxylamine groups is 1. The summed E-state index contributed by atoms with van der Waals surface area (Å²) in [4.78, 5) is 23.7. The van der Waals surface area contributed by atoms with Gasteiger partial charge in [0.1, 0.15) is 5.82 Å². The number of carbonyl (C=O) groups excluding carboxylic acids is 1. The van der Waals surface area contributed by atoms with E-state index in [4.69, 9.17) is 0 Å². The summed E-state index contributed by atoms with van der Waals surface area (Å²) < 4.78 is 18.2. The molecule has 2 heterocycles. The van der Waals surface area contributed by atoms with Crippen molar-refractivity contribution in [2.45, 2.75) is 0 Å². The number of hydrogen-bond donors (Lipinski definition) is 4. The maximum atomic E-state index is 13.4. The molecule has 0 saturated heterocycles. The normalized spacial score (nSPS) is 11.6. The molecule has 0 bridgehead atoms. The maximum Gasteiger partial charge on any atom is 0.257 e. The summed E-state index contributed by atoms with van der Waals surface area (Å²) in [6.07, 6.45) is 1.52. The van der Waals surface area contributed by atoms with Crippen LogP contribution in [-0.2, 0) is 0 Å². The number of amides is 1. The van der Waals surface area contributed by atoms with Gasteiger partial charge in [0.05, 0.1) is 27.5 Å². The van der Waals surface area contributed by atoms with E-state index >= 15 is 0 Å². The van der Waals surface area contributed by atoms with Crippen molar-refractivity contribution in [2.75, 3.05) is 5.32 Å². The molecule has 2 aromatic carbocycles. The molecular weight excluding hydrogens is 449 g/mol. The predicted molar refractivity (Wildman–Crippen MR) is 104 cm³/mol. The first-order valence-electron chi connectivity index (χ1n) is 8.06. The minimum absolute atomic E-state index is 0.0519. The highest BCUT2D eigenvalue weighted by atomic mass is 79.9. The summed E-state index contributed by atoms with van der Waals surface area (Å²) in [5, 5.41) is 19.3. The number of rotatable bonds is 4. The van der Waals surface area contributed by atoms with Crippen LogP contribution in [0.1, 0.15) is 16.1 Å². The lowest BCUT2D eigenvalue weighted by molar-refractivity contribution is 0.102. The topological polar surface area (TPSA) is 141 Å². The van der Waals surface area contributed by atoms with Crippen molar-refractivity contribution in [2.24, 2.45) is 4.99 Å². The fourth-order valence-electron chi connectivity index (χ4n) is 2.50. The Morgan fingerprint density at radius 2 is 2.10 bits per heavy atom. The van der Waals surface area contributed by atoms with Gasteiger partial charge in [-0.05, 0) is 62.6 Å². The Kier molecular flexibility index (Phi) is 5.01. The molecule has 146 valence electrons. The van der Waals surface area contributed by atoms with Crippen LogP contribution in [0.25, 0.3) is 11.0 Å². The van der Waals surface area contributed by atoms with Crippen molar-refractivity contribution in [1.29, 1.82) is 0 Å². The van der Waals surface area contributed by atoms with Crippen LogP contribution in [0.4, 0.5) is 15.9 Å². The number of nitrogens with one attached hydrogen (secondary N) is 3. The summed E-state index contributed by atoms with van der Waals surface area (Å²) in [7, 11) is 0. The highest BCUT2D eigenvalue weighted by Gasteiger charge is 2.20. The number of halogens is 2. The van der Waals surface area contributed by atoms with E-state index in [2.05, 4.69) is 51.1 Å². The minimum atomic E-state index is -0.486. The van der Waals surface area contributed by atoms with Crippen molar-refractivity contribution in [1.82, 2.24) is 25.8 Å². The van der Waals surface area contributed by atoms with Crippen LogP contribution in [0.5, 0.6) is 0 Å². The second-order valence-corrected chi connectivity index (χ2v) is 6.57. The molecule has 1 amide bonds. The summed E-state index contributed by atoms with van der Waals surface area (Å²) in [5.41, 5.74) is 3.88. The van der Waals surface area contributed by atoms with Crippen LogP contribution in [0.2, 0.25) is 0 Å². The van der Waals surface area contributed by atoms with Gasteiger partial charge in [-0.15, -0.1) is 0 Å². The summed E-state index contributed by atoms with van der Waals surface area (Å²) in [6.45, 7) is 0. The largest absolute Gasteiger partial charge is 0.345 e. The van der Waals surface area contributed by atoms with E-state index < -0.39 is 11.7 Å². The number of fused-ring (bicyclic) bond motifs is 1. The smallest absolute Gasteiger partial charge is 0.257 e. The predicted octanol–water partition coefficient (Wildman–Crippen LogP) is 3.16. The van der Waals surface area contributed by atoms with Gasteiger partial charge >= 0.3 is 0 Å². The number of amidine groups is 1. The van der Waals surface area contributed by atoms with Crippen LogP contribution in [-0.4, -0.2) is 37.2 Å². The molecule has 0 radical (unpaired) electrons. The molecule has 0 atom stereocenters. The third-order valence-electron chi connectivity index (χ3n) is 3.88. The number of imidazole rings is 1. The van der Waals surface area contributed by atoms with Crippen molar-refractivity contribution in [3.63, 3.8) is 0 Å². The fraction of sp³-hybridized carbons (Fsp3) is 0. The van der Waals surface area contributed by atoms with Crippen LogP contribution in [0.3, 0.4) is 0 Å². The molecule has 0 fully saturated rings. The van der Waals surface area contributed by atoms with Crippen molar-refractivity contribution in [3.8, 4) is 0 Å². The van der Waals surface area contributed by atoms with Gasteiger partial charge in [0.15, 0.2) is 11.5 Å². The van der Waals surface area contributed by atoms with E-state index in [0.717, 1.165) is 5.52 Å². The minimum Gasteiger partial charge on any atom is -0.345 e. The Morgan fingerprint density at radius 1 is 1.24 bits per heavy atom. The van der Waals surface area contributed by atoms with E-state index in [1.807, 2.05) is 5.48 Å². The maximum absolute atomic E-state index is 13.4. The zero-order valence-corrected chi connectivity index (χ0v) is 15.9. The van der Waals surface area contributed by atoms with Crippen LogP contribution in [0, 0.1) is 5.82 Å². The van der Waals surface area contributed by atoms with Gasteiger partial charge < -0.3 is 10.3 Å². The van der Waals surface area contributed by atoms with Gasteiger partial charge in [-0.25, -0.2) is 19.0 Å². The van der Waals surface area contributed by atoms with E-state index in [9.17, 15) is 14.4 Å². The van der Waals surface area contributed by atoms with Gasteiger partial charge in [-0.3, -0.25) is 15.5 Å². The Hall–Kier alpha value is -3.64. The molecule has 4 rings (SSSR count). The Bertz CT molecular complexity index is 1240. The van der Waals surface area contributed by atoms with Crippen molar-refractivity contribution >= 4 is 50.2 Å². The van der Waals surface area contributed by atoms with Gasteiger partial charge in [0.2, 0.25) is 5.82 Å². The summed E-state index contributed by atoms with van der Waals surface area (Å²) in [5.74, 6) is -1.18. The number of H-pyrrole nitrogens is 1. The number of nitrogens with zero attached hydrogens (tertiary/aromatic N) is 4. The Morgan fingerprint density at radius 3 is 2.90 bits per heavy atom. The first-order valence-corrected chi connectivity index (χ1v) is 8.85. The van der Waals surface area contributed by atoms with E-state index in [1.165, 1.54) is 24.5 Å². The molecule has 0 unspecified atom stereocenters. The molecule has 0 aliphatic heterocycles. The summed E-state index contributed by atoms with van der Waals surface area (Å²) in [6, 6.07) is 8.91. The molecule has 0 aliphatic carbocycles. The molecule has 4 N–H and O–H groups in total. The lowest BCUT2D eigenvalue weighted by atomic mass is 10.2. The standard InChI is InChI=1S/C17H11BrFN7O3/c18-10-6-9(2-3-11(10)19)22-15(24-28)14-16(26-29-25-14)23-17(27)8-1-4-12-13(5-8)21-7-20-12/h1-7,28H,(H,20,21)(H,22,24)(H,23,26,27). The van der Waals surface area contributed by atoms with Crippen LogP contribution >= 0.6 is 15.9 Å². The fourth-order valence-corrected chi connectivity index (χ4v) is 2.86. The molecule has 12 heteroatoms. The molecule has 0 aliphatic rings. The lowest BCUT2D eigenvalue weighted by Crippen LogP contribution is -2.23. The van der Waals surface area contributed by atoms with Crippen LogP contribution < -0.4 is 10.8 Å². The molecule has 2 aromatic heterocycles. The highest BCUT2D eigenvalue weighted by molar-refractivity contribution is 9.10. The van der Waals surface area contributed by atoms with Crippen LogP contribution in [0.15, 0.2) is 56.8 Å². The molecule has 0 spiro atoms. The number of benzene rings is 2. The third kappa shape index (κ3) is 3.83. The molecule has 10 nitrogen and oxygen atoms in total. The van der Waals surface area contributed by atoms with Gasteiger partial charge in [0, 0.05) is 5.56 Å². The first kappa shape index (κ1) is 18.7. The zero-order valence-electron chi connectivity index (χ0n) is 14.3. The average molecular weight is 460 g/mol. The van der Waals surface area contributed by atoms with Gasteiger partial charge in [-0.1, -0.05) is 0 Å². The molecular formula is C17H11BrFN7O3. The number of hydrogen-bond acceptors (Lipinski definition) is 7. The number of carbonyl (C=O) groups is 1. The molecule has 4 aromatic rings. The quantitative estimate of drug-likeness (QED) is 0.208. The van der Waals surface area contributed by atoms with E-state index in [0.29, 0.717) is 16.8 Å². The monoisotopic (exact) mass is 459 g/mol. The zero-order chi connectivity index (χ0) is 20.4. The number of aromatic amines is 1. The summed E-state index contributed by atoms with van der Waals surface area (Å²) >= 11 is 3.06. The second-order valence-electron chi connectivity index (χ2n) is 5.72. The van der Waals surface area contributed by atoms with Crippen molar-refractivity contribution < 1.29 is 19.0 Å².